The smallest absolute Gasteiger partial charge is 0.313 e. The Hall–Kier alpha value is -1.16. The molecule has 0 aromatic carbocycles. The number of carbonyl (C=O) groups is 2. The highest BCUT2D eigenvalue weighted by molar-refractivity contribution is 5.94. The molecule has 0 radical (unpaired) electrons. The summed E-state index contributed by atoms with van der Waals surface area (Å²) in [6, 6.07) is 0. The fourth-order valence-corrected chi connectivity index (χ4v) is 0.662. The van der Waals surface area contributed by atoms with Crippen LogP contribution in [0.1, 0.15) is 13.3 Å². The van der Waals surface area contributed by atoms with Gasteiger partial charge in [-0.15, -0.1) is 6.58 Å². The number of hydrogen-bond acceptors (Lipinski definition) is 4. The summed E-state index contributed by atoms with van der Waals surface area (Å²) in [6.07, 6.45) is 1.03. The second-order valence-corrected chi connectivity index (χ2v) is 2.57. The van der Waals surface area contributed by atoms with Gasteiger partial charge in [0.25, 0.3) is 0 Å². The first kappa shape index (κ1) is 11.8. The molecule has 0 aromatic rings. The lowest BCUT2D eigenvalue weighted by molar-refractivity contribution is -0.148. The first-order valence-corrected chi connectivity index (χ1v) is 3.90. The van der Waals surface area contributed by atoms with Crippen molar-refractivity contribution >= 4 is 11.8 Å². The van der Waals surface area contributed by atoms with E-state index in [4.69, 9.17) is 9.47 Å². The van der Waals surface area contributed by atoms with Gasteiger partial charge in [0.1, 0.15) is 24.9 Å². The maximum absolute atomic E-state index is 10.9. The Balaban J connectivity index is 3.68. The van der Waals surface area contributed by atoms with Crippen LogP contribution in [-0.4, -0.2) is 31.6 Å². The molecule has 0 rings (SSSR count). The zero-order valence-corrected chi connectivity index (χ0v) is 7.91. The lowest BCUT2D eigenvalue weighted by Gasteiger charge is -2.10. The van der Waals surface area contributed by atoms with Crippen LogP contribution in [0.4, 0.5) is 0 Å². The average Bonchev–Trinajstić information content (AvgIpc) is 2.05. The minimum Gasteiger partial charge on any atom is -0.462 e. The monoisotopic (exact) mass is 186 g/mol. The molecule has 0 saturated heterocycles. The van der Waals surface area contributed by atoms with Gasteiger partial charge in [0.05, 0.1) is 0 Å². The molecule has 0 heterocycles. The van der Waals surface area contributed by atoms with Crippen LogP contribution in [0.25, 0.3) is 0 Å². The highest BCUT2D eigenvalue weighted by Gasteiger charge is 2.09. The van der Waals surface area contributed by atoms with Crippen molar-refractivity contribution < 1.29 is 19.1 Å². The predicted molar refractivity (Wildman–Crippen MR) is 47.3 cm³/mol. The van der Waals surface area contributed by atoms with Gasteiger partial charge in [0.15, 0.2) is 0 Å². The van der Waals surface area contributed by atoms with Gasteiger partial charge in [-0.05, 0) is 6.92 Å². The van der Waals surface area contributed by atoms with Crippen LogP contribution in [-0.2, 0) is 19.1 Å². The number of rotatable bonds is 6. The molecular formula is C9H14O4. The minimum absolute atomic E-state index is 0.103. The summed E-state index contributed by atoms with van der Waals surface area (Å²) >= 11 is 0. The molecule has 74 valence electrons. The van der Waals surface area contributed by atoms with E-state index >= 15 is 0 Å². The summed E-state index contributed by atoms with van der Waals surface area (Å²) in [4.78, 5) is 21.3. The van der Waals surface area contributed by atoms with E-state index in [1.807, 2.05) is 0 Å². The normalized spacial score (nSPS) is 11.8. The second kappa shape index (κ2) is 6.37. The predicted octanol–water partition coefficient (Wildman–Crippen LogP) is 0.710. The van der Waals surface area contributed by atoms with Crippen molar-refractivity contribution in [1.29, 1.82) is 0 Å². The van der Waals surface area contributed by atoms with Crippen LogP contribution in [0.5, 0.6) is 0 Å². The van der Waals surface area contributed by atoms with Crippen molar-refractivity contribution in [1.82, 2.24) is 0 Å². The van der Waals surface area contributed by atoms with Gasteiger partial charge in [0, 0.05) is 7.11 Å². The lowest BCUT2D eigenvalue weighted by Crippen LogP contribution is -2.19. The van der Waals surface area contributed by atoms with E-state index in [1.54, 1.807) is 0 Å². The minimum atomic E-state index is -0.531. The van der Waals surface area contributed by atoms with Crippen molar-refractivity contribution in [2.45, 2.75) is 19.4 Å². The molecule has 1 unspecified atom stereocenters. The Morgan fingerprint density at radius 1 is 1.54 bits per heavy atom. The largest absolute Gasteiger partial charge is 0.462 e. The van der Waals surface area contributed by atoms with E-state index in [9.17, 15) is 9.59 Å². The molecular weight excluding hydrogens is 172 g/mol. The molecule has 0 N–H and O–H groups in total. The molecule has 0 fully saturated rings. The average molecular weight is 186 g/mol. The van der Waals surface area contributed by atoms with E-state index in [2.05, 4.69) is 6.58 Å². The molecule has 0 aliphatic rings. The van der Waals surface area contributed by atoms with Gasteiger partial charge in [0.2, 0.25) is 0 Å². The zero-order chi connectivity index (χ0) is 10.3. The topological polar surface area (TPSA) is 52.6 Å². The maximum Gasteiger partial charge on any atom is 0.313 e. The molecule has 4 nitrogen and oxygen atoms in total. The summed E-state index contributed by atoms with van der Waals surface area (Å²) < 4.78 is 9.62. The number of ketones is 1. The second-order valence-electron chi connectivity index (χ2n) is 2.57. The van der Waals surface area contributed by atoms with Crippen LogP contribution in [0, 0.1) is 0 Å². The summed E-state index contributed by atoms with van der Waals surface area (Å²) in [5.41, 5.74) is 0. The first-order valence-electron chi connectivity index (χ1n) is 3.90. The highest BCUT2D eigenvalue weighted by Crippen LogP contribution is 1.95. The molecule has 0 spiro atoms. The van der Waals surface area contributed by atoms with E-state index in [0.29, 0.717) is 0 Å². The molecule has 4 heteroatoms. The van der Waals surface area contributed by atoms with Crippen molar-refractivity contribution in [2.75, 3.05) is 13.7 Å². The fraction of sp³-hybridized carbons (Fsp3) is 0.556. The van der Waals surface area contributed by atoms with Gasteiger partial charge in [-0.1, -0.05) is 6.08 Å². The third-order valence-corrected chi connectivity index (χ3v) is 1.37. The highest BCUT2D eigenvalue weighted by atomic mass is 16.6. The van der Waals surface area contributed by atoms with Crippen LogP contribution in [0.15, 0.2) is 12.7 Å². The Morgan fingerprint density at radius 2 is 2.15 bits per heavy atom. The molecule has 0 aliphatic carbocycles. The van der Waals surface area contributed by atoms with Crippen LogP contribution < -0.4 is 0 Å². The first-order chi connectivity index (χ1) is 6.10. The van der Waals surface area contributed by atoms with E-state index in [-0.39, 0.29) is 24.9 Å². The van der Waals surface area contributed by atoms with Gasteiger partial charge < -0.3 is 9.47 Å². The summed E-state index contributed by atoms with van der Waals surface area (Å²) in [5, 5.41) is 0. The van der Waals surface area contributed by atoms with Gasteiger partial charge in [-0.25, -0.2) is 0 Å². The lowest BCUT2D eigenvalue weighted by atomic mass is 10.3. The van der Waals surface area contributed by atoms with Gasteiger partial charge in [-0.2, -0.15) is 0 Å². The maximum atomic E-state index is 10.9. The van der Waals surface area contributed by atoms with Gasteiger partial charge >= 0.3 is 5.97 Å². The Morgan fingerprint density at radius 3 is 2.54 bits per heavy atom. The third-order valence-electron chi connectivity index (χ3n) is 1.37. The number of ether oxygens (including phenoxy) is 2. The number of methoxy groups -OCH3 is 1. The van der Waals surface area contributed by atoms with E-state index in [0.717, 1.165) is 0 Å². The van der Waals surface area contributed by atoms with Gasteiger partial charge in [-0.3, -0.25) is 9.59 Å². The number of carbonyl (C=O) groups excluding carboxylic acids is 2. The van der Waals surface area contributed by atoms with Crippen LogP contribution in [0.2, 0.25) is 0 Å². The van der Waals surface area contributed by atoms with Crippen molar-refractivity contribution in [2.24, 2.45) is 0 Å². The third kappa shape index (κ3) is 6.04. The standard InChI is InChI=1S/C9H14O4/c1-4-8(12-3)6-13-9(11)5-7(2)10/h4,8H,1,5-6H2,2-3H3. The SMILES string of the molecule is C=CC(COC(=O)CC(C)=O)OC. The summed E-state index contributed by atoms with van der Waals surface area (Å²) in [7, 11) is 1.49. The zero-order valence-electron chi connectivity index (χ0n) is 7.91. The van der Waals surface area contributed by atoms with Crippen LogP contribution in [0.3, 0.4) is 0 Å². The molecule has 0 amide bonds. The Kier molecular flexibility index (Phi) is 5.80. The van der Waals surface area contributed by atoms with Crippen molar-refractivity contribution in [3.05, 3.63) is 12.7 Å². The number of esters is 1. The molecule has 0 aliphatic heterocycles. The van der Waals surface area contributed by atoms with Crippen molar-refractivity contribution in [3.8, 4) is 0 Å². The fourth-order valence-electron chi connectivity index (χ4n) is 0.662. The number of hydrogen-bond donors (Lipinski definition) is 0. The van der Waals surface area contributed by atoms with E-state index in [1.165, 1.54) is 20.1 Å². The Labute approximate surface area is 77.5 Å². The molecule has 0 saturated carbocycles. The summed E-state index contributed by atoms with van der Waals surface area (Å²) in [6.45, 7) is 4.93. The van der Waals surface area contributed by atoms with Crippen molar-refractivity contribution in [3.63, 3.8) is 0 Å². The molecule has 0 bridgehead atoms. The molecule has 13 heavy (non-hydrogen) atoms. The Bertz CT molecular complexity index is 198. The molecule has 0 aromatic heterocycles. The summed E-state index contributed by atoms with van der Waals surface area (Å²) in [5.74, 6) is -0.742. The number of Topliss-reactive ketones (excluding diaryl/α,β-unsaturated/α-hetero) is 1. The van der Waals surface area contributed by atoms with E-state index < -0.39 is 5.97 Å². The molecule has 1 atom stereocenters. The quantitative estimate of drug-likeness (QED) is 0.348. The van der Waals surface area contributed by atoms with Crippen LogP contribution >= 0.6 is 0 Å².